The van der Waals surface area contributed by atoms with Crippen LogP contribution in [0.15, 0.2) is 18.6 Å². The normalized spacial score (nSPS) is 26.7. The van der Waals surface area contributed by atoms with Crippen LogP contribution in [0.1, 0.15) is 37.3 Å². The molecule has 1 aromatic heterocycles. The van der Waals surface area contributed by atoms with E-state index < -0.39 is 12.1 Å². The van der Waals surface area contributed by atoms with E-state index in [1.54, 1.807) is 12.3 Å². The second kappa shape index (κ2) is 4.39. The van der Waals surface area contributed by atoms with E-state index in [2.05, 4.69) is 9.97 Å². The van der Waals surface area contributed by atoms with Crippen molar-refractivity contribution < 1.29 is 13.2 Å². The van der Waals surface area contributed by atoms with Crippen molar-refractivity contribution in [1.82, 2.24) is 9.97 Å². The van der Waals surface area contributed by atoms with Crippen LogP contribution in [0.5, 0.6) is 0 Å². The summed E-state index contributed by atoms with van der Waals surface area (Å²) in [6, 6.07) is 1.79. The molecule has 0 amide bonds. The summed E-state index contributed by atoms with van der Waals surface area (Å²) in [6.07, 6.45) is 0.638. The quantitative estimate of drug-likeness (QED) is 0.739. The summed E-state index contributed by atoms with van der Waals surface area (Å²) in [7, 11) is 0. The van der Waals surface area contributed by atoms with Crippen molar-refractivity contribution >= 4 is 0 Å². The molecule has 2 nitrogen and oxygen atoms in total. The molecule has 88 valence electrons. The highest BCUT2D eigenvalue weighted by Gasteiger charge is 2.41. The molecule has 0 bridgehead atoms. The van der Waals surface area contributed by atoms with Gasteiger partial charge in [0.15, 0.2) is 0 Å². The van der Waals surface area contributed by atoms with Crippen LogP contribution in [0.3, 0.4) is 0 Å². The predicted molar refractivity (Wildman–Crippen MR) is 52.8 cm³/mol. The Hall–Kier alpha value is -1.13. The Morgan fingerprint density at radius 1 is 1.12 bits per heavy atom. The van der Waals surface area contributed by atoms with E-state index in [4.69, 9.17) is 0 Å². The van der Waals surface area contributed by atoms with Gasteiger partial charge in [-0.1, -0.05) is 0 Å². The van der Waals surface area contributed by atoms with Crippen LogP contribution in [0.25, 0.3) is 0 Å². The lowest BCUT2D eigenvalue weighted by Crippen LogP contribution is -2.27. The topological polar surface area (TPSA) is 25.8 Å². The van der Waals surface area contributed by atoms with E-state index in [-0.39, 0.29) is 18.8 Å². The number of rotatable bonds is 1. The summed E-state index contributed by atoms with van der Waals surface area (Å²) >= 11 is 0. The van der Waals surface area contributed by atoms with Gasteiger partial charge in [-0.15, -0.1) is 0 Å². The van der Waals surface area contributed by atoms with Crippen LogP contribution >= 0.6 is 0 Å². The maximum atomic E-state index is 12.4. The molecule has 0 saturated heterocycles. The van der Waals surface area contributed by atoms with Gasteiger partial charge in [-0.25, -0.2) is 9.97 Å². The van der Waals surface area contributed by atoms with Crippen LogP contribution in [0, 0.1) is 5.92 Å². The lowest BCUT2D eigenvalue weighted by Gasteiger charge is -2.29. The summed E-state index contributed by atoms with van der Waals surface area (Å²) in [5.41, 5.74) is 0.871. The van der Waals surface area contributed by atoms with Crippen molar-refractivity contribution in [3.8, 4) is 0 Å². The third kappa shape index (κ3) is 2.51. The Morgan fingerprint density at radius 3 is 2.31 bits per heavy atom. The lowest BCUT2D eigenvalue weighted by atomic mass is 9.80. The van der Waals surface area contributed by atoms with Gasteiger partial charge < -0.3 is 0 Å². The summed E-state index contributed by atoms with van der Waals surface area (Å²) in [4.78, 5) is 7.90. The van der Waals surface area contributed by atoms with Gasteiger partial charge in [0.1, 0.15) is 6.33 Å². The fourth-order valence-electron chi connectivity index (χ4n) is 2.26. The van der Waals surface area contributed by atoms with E-state index >= 15 is 0 Å². The van der Waals surface area contributed by atoms with Gasteiger partial charge in [0, 0.05) is 17.8 Å². The monoisotopic (exact) mass is 230 g/mol. The van der Waals surface area contributed by atoms with Crippen LogP contribution in [-0.4, -0.2) is 16.1 Å². The second-order valence-corrected chi connectivity index (χ2v) is 4.22. The summed E-state index contributed by atoms with van der Waals surface area (Å²) in [6.45, 7) is 0. The van der Waals surface area contributed by atoms with E-state index in [9.17, 15) is 13.2 Å². The summed E-state index contributed by atoms with van der Waals surface area (Å²) < 4.78 is 37.3. The summed E-state index contributed by atoms with van der Waals surface area (Å²) in [5.74, 6) is -0.952. The minimum absolute atomic E-state index is 0.168. The number of hydrogen-bond donors (Lipinski definition) is 0. The molecular formula is C11H13F3N2. The molecule has 0 aliphatic heterocycles. The Kier molecular flexibility index (Phi) is 3.12. The van der Waals surface area contributed by atoms with E-state index in [0.29, 0.717) is 12.8 Å². The largest absolute Gasteiger partial charge is 0.391 e. The molecule has 0 unspecified atom stereocenters. The van der Waals surface area contributed by atoms with Crippen LogP contribution in [-0.2, 0) is 0 Å². The maximum absolute atomic E-state index is 12.4. The highest BCUT2D eigenvalue weighted by Crippen LogP contribution is 2.42. The molecule has 1 aliphatic rings. The van der Waals surface area contributed by atoms with Gasteiger partial charge >= 0.3 is 6.18 Å². The molecule has 1 fully saturated rings. The van der Waals surface area contributed by atoms with Crippen molar-refractivity contribution in [3.63, 3.8) is 0 Å². The van der Waals surface area contributed by atoms with Gasteiger partial charge in [0.2, 0.25) is 0 Å². The fraction of sp³-hybridized carbons (Fsp3) is 0.636. The predicted octanol–water partition coefficient (Wildman–Crippen LogP) is 3.31. The van der Waals surface area contributed by atoms with Gasteiger partial charge in [-0.05, 0) is 31.7 Å². The van der Waals surface area contributed by atoms with Crippen LogP contribution in [0.2, 0.25) is 0 Å². The number of halogens is 3. The molecule has 0 N–H and O–H groups in total. The molecule has 16 heavy (non-hydrogen) atoms. The first-order valence-electron chi connectivity index (χ1n) is 5.40. The molecule has 1 heterocycles. The zero-order chi connectivity index (χ0) is 11.6. The first-order chi connectivity index (χ1) is 7.57. The molecule has 0 aromatic carbocycles. The number of aromatic nitrogens is 2. The van der Waals surface area contributed by atoms with Gasteiger partial charge in [-0.2, -0.15) is 13.2 Å². The Bertz CT molecular complexity index is 329. The van der Waals surface area contributed by atoms with Crippen molar-refractivity contribution in [3.05, 3.63) is 24.3 Å². The Labute approximate surface area is 91.9 Å². The second-order valence-electron chi connectivity index (χ2n) is 4.22. The number of hydrogen-bond acceptors (Lipinski definition) is 2. The van der Waals surface area contributed by atoms with Gasteiger partial charge in [0.05, 0.1) is 5.92 Å². The SMILES string of the molecule is FC(F)(F)C1CCC(c2ccncn2)CC1. The maximum Gasteiger partial charge on any atom is 0.391 e. The molecule has 1 aromatic rings. The Morgan fingerprint density at radius 2 is 1.81 bits per heavy atom. The average molecular weight is 230 g/mol. The summed E-state index contributed by atoms with van der Waals surface area (Å²) in [5, 5.41) is 0. The highest BCUT2D eigenvalue weighted by molar-refractivity contribution is 5.06. The first kappa shape index (κ1) is 11.4. The standard InChI is InChI=1S/C11H13F3N2/c12-11(13,14)9-3-1-8(2-4-9)10-5-6-15-7-16-10/h5-9H,1-4H2. The number of alkyl halides is 3. The lowest BCUT2D eigenvalue weighted by molar-refractivity contribution is -0.182. The average Bonchev–Trinajstić information content (AvgIpc) is 2.29. The van der Waals surface area contributed by atoms with Crippen molar-refractivity contribution in [2.45, 2.75) is 37.8 Å². The highest BCUT2D eigenvalue weighted by atomic mass is 19.4. The molecule has 0 radical (unpaired) electrons. The molecule has 1 saturated carbocycles. The molecule has 5 heteroatoms. The van der Waals surface area contributed by atoms with Gasteiger partial charge in [-0.3, -0.25) is 0 Å². The van der Waals surface area contributed by atoms with Crippen molar-refractivity contribution in [2.24, 2.45) is 5.92 Å². The van der Waals surface area contributed by atoms with E-state index in [1.165, 1.54) is 6.33 Å². The van der Waals surface area contributed by atoms with Crippen LogP contribution in [0.4, 0.5) is 13.2 Å². The van der Waals surface area contributed by atoms with E-state index in [1.807, 2.05) is 0 Å². The smallest absolute Gasteiger partial charge is 0.245 e. The van der Waals surface area contributed by atoms with Crippen molar-refractivity contribution in [1.29, 1.82) is 0 Å². The van der Waals surface area contributed by atoms with Crippen LogP contribution < -0.4 is 0 Å². The molecule has 0 atom stereocenters. The molecule has 0 spiro atoms. The minimum Gasteiger partial charge on any atom is -0.245 e. The number of nitrogens with zero attached hydrogens (tertiary/aromatic N) is 2. The minimum atomic E-state index is -4.03. The Balaban J connectivity index is 1.96. The first-order valence-corrected chi connectivity index (χ1v) is 5.40. The zero-order valence-electron chi connectivity index (χ0n) is 8.74. The third-order valence-electron chi connectivity index (χ3n) is 3.21. The fourth-order valence-corrected chi connectivity index (χ4v) is 2.26. The zero-order valence-corrected chi connectivity index (χ0v) is 8.74. The molecule has 2 rings (SSSR count). The third-order valence-corrected chi connectivity index (χ3v) is 3.21. The van der Waals surface area contributed by atoms with Crippen molar-refractivity contribution in [2.75, 3.05) is 0 Å². The molecule has 1 aliphatic carbocycles. The van der Waals surface area contributed by atoms with Gasteiger partial charge in [0.25, 0.3) is 0 Å². The molecular weight excluding hydrogens is 217 g/mol. The van der Waals surface area contributed by atoms with E-state index in [0.717, 1.165) is 5.69 Å².